The van der Waals surface area contributed by atoms with Gasteiger partial charge in [-0.3, -0.25) is 14.2 Å². The maximum Gasteiger partial charge on any atom is 0.333 e. The van der Waals surface area contributed by atoms with Crippen molar-refractivity contribution in [2.24, 2.45) is 0 Å². The van der Waals surface area contributed by atoms with Gasteiger partial charge in [0, 0.05) is 18.3 Å². The van der Waals surface area contributed by atoms with Gasteiger partial charge in [0.05, 0.1) is 6.20 Å². The first-order chi connectivity index (χ1) is 13.0. The molecule has 8 heteroatoms. The molecule has 1 amide bonds. The lowest BCUT2D eigenvalue weighted by atomic mass is 10.1. The van der Waals surface area contributed by atoms with Gasteiger partial charge in [0.2, 0.25) is 11.7 Å². The fraction of sp³-hybridized carbons (Fsp3) is 0.421. The van der Waals surface area contributed by atoms with Gasteiger partial charge in [-0.2, -0.15) is 4.39 Å². The van der Waals surface area contributed by atoms with Crippen LogP contribution in [-0.2, 0) is 22.5 Å². The van der Waals surface area contributed by atoms with Crippen LogP contribution < -0.4 is 16.1 Å². The Balaban J connectivity index is 1.69. The average Bonchev–Trinajstić information content (AvgIpc) is 3.28. The summed E-state index contributed by atoms with van der Waals surface area (Å²) in [6.45, 7) is 1.86. The number of carbonyl (C=O) groups is 1. The molecule has 1 fully saturated rings. The summed E-state index contributed by atoms with van der Waals surface area (Å²) in [6.07, 6.45) is 2.26. The van der Waals surface area contributed by atoms with Gasteiger partial charge in [-0.15, -0.1) is 0 Å². The van der Waals surface area contributed by atoms with Crippen LogP contribution >= 0.6 is 0 Å². The molecule has 2 aromatic rings. The van der Waals surface area contributed by atoms with E-state index in [4.69, 9.17) is 4.74 Å². The Kier molecular flexibility index (Phi) is 4.43. The molecule has 2 atom stereocenters. The first-order valence-electron chi connectivity index (χ1n) is 9.00. The number of hydrogen-bond acceptors (Lipinski definition) is 4. The molecule has 2 aliphatic heterocycles. The lowest BCUT2D eigenvalue weighted by Crippen LogP contribution is -2.47. The Morgan fingerprint density at radius 2 is 2.07 bits per heavy atom. The summed E-state index contributed by atoms with van der Waals surface area (Å²) in [6, 6.07) is 7.40. The molecule has 0 spiro atoms. The predicted octanol–water partition coefficient (Wildman–Crippen LogP) is 1.44. The summed E-state index contributed by atoms with van der Waals surface area (Å²) in [7, 11) is 0. The van der Waals surface area contributed by atoms with Gasteiger partial charge in [-0.1, -0.05) is 18.2 Å². The molecule has 0 radical (unpaired) electrons. The minimum atomic E-state index is -1.09. The third kappa shape index (κ3) is 2.99. The highest BCUT2D eigenvalue weighted by atomic mass is 19.1. The van der Waals surface area contributed by atoms with Crippen LogP contribution in [0.15, 0.2) is 40.1 Å². The molecule has 4 rings (SSSR count). The van der Waals surface area contributed by atoms with Crippen LogP contribution in [0.2, 0.25) is 0 Å². The van der Waals surface area contributed by atoms with Crippen molar-refractivity contribution in [2.75, 3.05) is 11.5 Å². The molecular formula is C19H20FN3O4. The molecule has 0 aliphatic carbocycles. The summed E-state index contributed by atoms with van der Waals surface area (Å²) in [5.41, 5.74) is -0.0369. The number of nitrogens with zero attached hydrogens (tertiary/aromatic N) is 3. The van der Waals surface area contributed by atoms with Crippen molar-refractivity contribution in [3.63, 3.8) is 0 Å². The number of hydrogen-bond donors (Lipinski definition) is 0. The highest BCUT2D eigenvalue weighted by Gasteiger charge is 2.31. The standard InChI is InChI=1S/C19H20FN3O4/c1-12-9-13-5-2-3-6-15(13)23(12)16(24)11-22-18(25)14(20)10-21(19(22)26)17-7-4-8-27-17/h2-3,5-6,10,12,17H,4,7-9,11H2,1H3. The van der Waals surface area contributed by atoms with Crippen LogP contribution in [0.4, 0.5) is 10.1 Å². The van der Waals surface area contributed by atoms with E-state index in [0.29, 0.717) is 24.0 Å². The van der Waals surface area contributed by atoms with E-state index in [1.165, 1.54) is 0 Å². The van der Waals surface area contributed by atoms with Crippen molar-refractivity contribution in [3.8, 4) is 0 Å². The van der Waals surface area contributed by atoms with E-state index in [1.807, 2.05) is 31.2 Å². The van der Waals surface area contributed by atoms with E-state index in [-0.39, 0.29) is 6.04 Å². The van der Waals surface area contributed by atoms with Gasteiger partial charge >= 0.3 is 5.69 Å². The van der Waals surface area contributed by atoms with E-state index >= 15 is 0 Å². The third-order valence-corrected chi connectivity index (χ3v) is 5.14. The normalized spacial score (nSPS) is 21.5. The summed E-state index contributed by atoms with van der Waals surface area (Å²) >= 11 is 0. The molecule has 0 N–H and O–H groups in total. The van der Waals surface area contributed by atoms with Gasteiger partial charge in [0.15, 0.2) is 0 Å². The summed E-state index contributed by atoms with van der Waals surface area (Å²) in [5.74, 6) is -1.50. The largest absolute Gasteiger partial charge is 0.358 e. The highest BCUT2D eigenvalue weighted by Crippen LogP contribution is 2.31. The summed E-state index contributed by atoms with van der Waals surface area (Å²) < 4.78 is 21.3. The van der Waals surface area contributed by atoms with Crippen molar-refractivity contribution >= 4 is 11.6 Å². The fourth-order valence-corrected chi connectivity index (χ4v) is 3.87. The van der Waals surface area contributed by atoms with Crippen molar-refractivity contribution in [1.29, 1.82) is 0 Å². The zero-order valence-electron chi connectivity index (χ0n) is 14.9. The first-order valence-corrected chi connectivity index (χ1v) is 9.00. The van der Waals surface area contributed by atoms with Crippen molar-refractivity contribution < 1.29 is 13.9 Å². The molecule has 142 valence electrons. The molecule has 0 saturated carbocycles. The number of halogens is 1. The van der Waals surface area contributed by atoms with Crippen molar-refractivity contribution in [3.05, 3.63) is 62.7 Å². The minimum absolute atomic E-state index is 0.0976. The third-order valence-electron chi connectivity index (χ3n) is 5.14. The van der Waals surface area contributed by atoms with Crippen LogP contribution in [0.5, 0.6) is 0 Å². The first kappa shape index (κ1) is 17.7. The van der Waals surface area contributed by atoms with E-state index in [2.05, 4.69) is 0 Å². The highest BCUT2D eigenvalue weighted by molar-refractivity contribution is 5.96. The van der Waals surface area contributed by atoms with Crippen LogP contribution in [0.1, 0.15) is 31.6 Å². The van der Waals surface area contributed by atoms with E-state index in [1.54, 1.807) is 4.90 Å². The van der Waals surface area contributed by atoms with E-state index in [0.717, 1.165) is 28.4 Å². The second-order valence-electron chi connectivity index (χ2n) is 6.97. The number of para-hydroxylation sites is 1. The Labute approximate surface area is 154 Å². The number of amides is 1. The molecule has 2 unspecified atom stereocenters. The molecule has 1 aromatic carbocycles. The molecule has 1 aromatic heterocycles. The Hall–Kier alpha value is -2.74. The smallest absolute Gasteiger partial charge is 0.333 e. The van der Waals surface area contributed by atoms with Crippen LogP contribution in [0.3, 0.4) is 0 Å². The van der Waals surface area contributed by atoms with Crippen LogP contribution in [-0.4, -0.2) is 27.7 Å². The Morgan fingerprint density at radius 3 is 2.81 bits per heavy atom. The number of fused-ring (bicyclic) bond motifs is 1. The quantitative estimate of drug-likeness (QED) is 0.816. The second-order valence-corrected chi connectivity index (χ2v) is 6.97. The molecular weight excluding hydrogens is 353 g/mol. The summed E-state index contributed by atoms with van der Waals surface area (Å²) in [4.78, 5) is 39.4. The molecule has 1 saturated heterocycles. The Bertz CT molecular complexity index is 1010. The number of aromatic nitrogens is 2. The van der Waals surface area contributed by atoms with Crippen LogP contribution in [0, 0.1) is 5.82 Å². The van der Waals surface area contributed by atoms with Gasteiger partial charge < -0.3 is 9.64 Å². The number of anilines is 1. The molecule has 27 heavy (non-hydrogen) atoms. The maximum atomic E-state index is 14.1. The molecule has 0 bridgehead atoms. The summed E-state index contributed by atoms with van der Waals surface area (Å²) in [5, 5.41) is 0. The van der Waals surface area contributed by atoms with Gasteiger partial charge in [-0.05, 0) is 37.8 Å². The van der Waals surface area contributed by atoms with E-state index < -0.39 is 35.7 Å². The van der Waals surface area contributed by atoms with Crippen molar-refractivity contribution in [1.82, 2.24) is 9.13 Å². The second kappa shape index (κ2) is 6.77. The topological polar surface area (TPSA) is 73.5 Å². The van der Waals surface area contributed by atoms with Crippen LogP contribution in [0.25, 0.3) is 0 Å². The lowest BCUT2D eigenvalue weighted by molar-refractivity contribution is -0.119. The number of rotatable bonds is 3. The Morgan fingerprint density at radius 1 is 1.30 bits per heavy atom. The maximum absolute atomic E-state index is 14.1. The predicted molar refractivity (Wildman–Crippen MR) is 96.2 cm³/mol. The van der Waals surface area contributed by atoms with Gasteiger partial charge in [0.1, 0.15) is 12.8 Å². The zero-order chi connectivity index (χ0) is 19.1. The molecule has 7 nitrogen and oxygen atoms in total. The van der Waals surface area contributed by atoms with Crippen molar-refractivity contribution in [2.45, 2.75) is 45.0 Å². The van der Waals surface area contributed by atoms with E-state index in [9.17, 15) is 18.8 Å². The van der Waals surface area contributed by atoms with Gasteiger partial charge in [-0.25, -0.2) is 9.36 Å². The fourth-order valence-electron chi connectivity index (χ4n) is 3.87. The average molecular weight is 373 g/mol. The molecule has 3 heterocycles. The SMILES string of the molecule is CC1Cc2ccccc2N1C(=O)Cn1c(=O)c(F)cn(C2CCCO2)c1=O. The lowest BCUT2D eigenvalue weighted by Gasteiger charge is -2.23. The number of carbonyl (C=O) groups excluding carboxylic acids is 1. The number of ether oxygens (including phenoxy) is 1. The van der Waals surface area contributed by atoms with Gasteiger partial charge in [0.25, 0.3) is 5.56 Å². The molecule has 2 aliphatic rings. The monoisotopic (exact) mass is 373 g/mol. The minimum Gasteiger partial charge on any atom is -0.358 e. The zero-order valence-corrected chi connectivity index (χ0v) is 14.9. The number of benzene rings is 1.